The fraction of sp³-hybridized carbons (Fsp3) is 1.00. The van der Waals surface area contributed by atoms with Crippen molar-refractivity contribution in [2.75, 3.05) is 19.6 Å². The Morgan fingerprint density at radius 3 is 2.67 bits per heavy atom. The molecule has 2 N–H and O–H groups in total. The van der Waals surface area contributed by atoms with Crippen molar-refractivity contribution in [3.63, 3.8) is 0 Å². The lowest BCUT2D eigenvalue weighted by molar-refractivity contribution is 0.0485. The number of likely N-dealkylation sites (tertiary alicyclic amines) is 1. The summed E-state index contributed by atoms with van der Waals surface area (Å²) in [6.07, 6.45) is 6.66. The molecule has 3 atom stereocenters. The Balaban J connectivity index is 1.77. The van der Waals surface area contributed by atoms with E-state index >= 15 is 0 Å². The van der Waals surface area contributed by atoms with Gasteiger partial charge in [0.25, 0.3) is 0 Å². The summed E-state index contributed by atoms with van der Waals surface area (Å²) in [6, 6.07) is 0.767. The highest BCUT2D eigenvalue weighted by Gasteiger charge is 2.35. The van der Waals surface area contributed by atoms with Gasteiger partial charge < -0.3 is 10.4 Å². The molecule has 0 radical (unpaired) electrons. The van der Waals surface area contributed by atoms with Gasteiger partial charge in [-0.2, -0.15) is 0 Å². The van der Waals surface area contributed by atoms with Crippen LogP contribution in [-0.2, 0) is 0 Å². The molecule has 3 unspecified atom stereocenters. The summed E-state index contributed by atoms with van der Waals surface area (Å²) in [5.41, 5.74) is 0.0960. The predicted molar refractivity (Wildman–Crippen MR) is 75.7 cm³/mol. The van der Waals surface area contributed by atoms with Crippen molar-refractivity contribution >= 4 is 0 Å². The van der Waals surface area contributed by atoms with E-state index in [0.717, 1.165) is 18.5 Å². The number of fused-ring (bicyclic) bond motifs is 1. The average Bonchev–Trinajstić information content (AvgIpc) is 2.74. The molecule has 1 heterocycles. The molecule has 1 saturated heterocycles. The minimum absolute atomic E-state index is 0.0960. The van der Waals surface area contributed by atoms with Gasteiger partial charge >= 0.3 is 0 Å². The lowest BCUT2D eigenvalue weighted by Gasteiger charge is -2.39. The molecule has 1 saturated carbocycles. The zero-order valence-electron chi connectivity index (χ0n) is 12.3. The first kappa shape index (κ1) is 14.3. The lowest BCUT2D eigenvalue weighted by Crippen LogP contribution is -2.49. The average molecular weight is 254 g/mol. The second-order valence-electron chi connectivity index (χ2n) is 7.18. The van der Waals surface area contributed by atoms with Crippen LogP contribution in [0.1, 0.15) is 52.9 Å². The van der Waals surface area contributed by atoms with Crippen LogP contribution in [0.15, 0.2) is 0 Å². The van der Waals surface area contributed by atoms with Gasteiger partial charge in [0.1, 0.15) is 0 Å². The molecule has 0 aromatic rings. The summed E-state index contributed by atoms with van der Waals surface area (Å²) in [4.78, 5) is 2.55. The van der Waals surface area contributed by atoms with Crippen LogP contribution >= 0.6 is 0 Å². The Kier molecular flexibility index (Phi) is 4.68. The Morgan fingerprint density at radius 1 is 1.22 bits per heavy atom. The second-order valence-corrected chi connectivity index (χ2v) is 7.18. The number of rotatable bonds is 4. The van der Waals surface area contributed by atoms with Crippen LogP contribution < -0.4 is 5.32 Å². The van der Waals surface area contributed by atoms with Gasteiger partial charge in [-0.25, -0.2) is 0 Å². The quantitative estimate of drug-likeness (QED) is 0.805. The van der Waals surface area contributed by atoms with E-state index in [9.17, 15) is 5.11 Å². The van der Waals surface area contributed by atoms with Gasteiger partial charge in [-0.15, -0.1) is 0 Å². The van der Waals surface area contributed by atoms with E-state index in [1.54, 1.807) is 0 Å². The van der Waals surface area contributed by atoms with Gasteiger partial charge in [-0.3, -0.25) is 4.90 Å². The number of β-amino-alcohol motifs (C(OH)–C–C–N with tert-alkyl or cyclic N) is 1. The first-order valence-corrected chi connectivity index (χ1v) is 7.63. The minimum Gasteiger partial charge on any atom is -0.390 e. The Bertz CT molecular complexity index is 262. The zero-order valence-corrected chi connectivity index (χ0v) is 12.3. The standard InChI is InChI=1S/C15H30N2O/c1-15(2,3)16-10-13(18)11-17-9-5-7-12-6-4-8-14(12)17/h12-14,16,18H,4-11H2,1-3H3. The minimum atomic E-state index is -0.233. The third-order valence-electron chi connectivity index (χ3n) is 4.42. The van der Waals surface area contributed by atoms with Gasteiger partial charge in [0, 0.05) is 24.7 Å². The van der Waals surface area contributed by atoms with Crippen molar-refractivity contribution < 1.29 is 5.11 Å². The fourth-order valence-electron chi connectivity index (χ4n) is 3.54. The lowest BCUT2D eigenvalue weighted by atomic mass is 9.92. The van der Waals surface area contributed by atoms with Gasteiger partial charge in [0.15, 0.2) is 0 Å². The third-order valence-corrected chi connectivity index (χ3v) is 4.42. The van der Waals surface area contributed by atoms with E-state index in [4.69, 9.17) is 0 Å². The molecule has 2 aliphatic rings. The zero-order chi connectivity index (χ0) is 13.2. The maximum atomic E-state index is 10.2. The fourth-order valence-corrected chi connectivity index (χ4v) is 3.54. The molecule has 2 fully saturated rings. The number of hydrogen-bond donors (Lipinski definition) is 2. The largest absolute Gasteiger partial charge is 0.390 e. The highest BCUT2D eigenvalue weighted by atomic mass is 16.3. The van der Waals surface area contributed by atoms with E-state index in [1.807, 2.05) is 0 Å². The number of piperidine rings is 1. The van der Waals surface area contributed by atoms with Gasteiger partial charge in [-0.05, 0) is 58.9 Å². The van der Waals surface area contributed by atoms with Gasteiger partial charge in [-0.1, -0.05) is 6.42 Å². The SMILES string of the molecule is CC(C)(C)NCC(O)CN1CCCC2CCCC21. The number of nitrogens with zero attached hydrogens (tertiary/aromatic N) is 1. The molecule has 0 bridgehead atoms. The van der Waals surface area contributed by atoms with Gasteiger partial charge in [0.2, 0.25) is 0 Å². The molecule has 3 heteroatoms. The van der Waals surface area contributed by atoms with Gasteiger partial charge in [0.05, 0.1) is 6.10 Å². The van der Waals surface area contributed by atoms with Crippen molar-refractivity contribution in [3.05, 3.63) is 0 Å². The topological polar surface area (TPSA) is 35.5 Å². The van der Waals surface area contributed by atoms with Crippen LogP contribution in [0.4, 0.5) is 0 Å². The van der Waals surface area contributed by atoms with Crippen molar-refractivity contribution in [1.29, 1.82) is 0 Å². The molecular formula is C15H30N2O. The predicted octanol–water partition coefficient (Wildman–Crippen LogP) is 2.00. The van der Waals surface area contributed by atoms with E-state index < -0.39 is 0 Å². The summed E-state index contributed by atoms with van der Waals surface area (Å²) in [5.74, 6) is 0.918. The smallest absolute Gasteiger partial charge is 0.0791 e. The van der Waals surface area contributed by atoms with Crippen molar-refractivity contribution in [1.82, 2.24) is 10.2 Å². The van der Waals surface area contributed by atoms with E-state index in [2.05, 4.69) is 31.0 Å². The Labute approximate surface area is 112 Å². The molecule has 1 aliphatic carbocycles. The summed E-state index contributed by atoms with van der Waals surface area (Å²) in [6.45, 7) is 9.18. The van der Waals surface area contributed by atoms with E-state index in [1.165, 1.54) is 38.6 Å². The molecule has 2 rings (SSSR count). The highest BCUT2D eigenvalue weighted by molar-refractivity contribution is 4.90. The number of hydrogen-bond acceptors (Lipinski definition) is 3. The third kappa shape index (κ3) is 3.94. The van der Waals surface area contributed by atoms with Crippen LogP contribution in [0.5, 0.6) is 0 Å². The molecular weight excluding hydrogens is 224 g/mol. The van der Waals surface area contributed by atoms with Crippen LogP contribution in [0, 0.1) is 5.92 Å². The molecule has 3 nitrogen and oxygen atoms in total. The number of aliphatic hydroxyl groups is 1. The first-order valence-electron chi connectivity index (χ1n) is 7.63. The van der Waals surface area contributed by atoms with Crippen molar-refractivity contribution in [2.24, 2.45) is 5.92 Å². The summed E-state index contributed by atoms with van der Waals surface area (Å²) in [5, 5.41) is 13.6. The van der Waals surface area contributed by atoms with E-state index in [-0.39, 0.29) is 11.6 Å². The maximum absolute atomic E-state index is 10.2. The normalized spacial score (nSPS) is 31.3. The molecule has 0 aromatic carbocycles. The molecule has 18 heavy (non-hydrogen) atoms. The monoisotopic (exact) mass is 254 g/mol. The Morgan fingerprint density at radius 2 is 1.94 bits per heavy atom. The number of nitrogens with one attached hydrogen (secondary N) is 1. The first-order chi connectivity index (χ1) is 8.46. The van der Waals surface area contributed by atoms with Crippen LogP contribution in [0.25, 0.3) is 0 Å². The second kappa shape index (κ2) is 5.89. The maximum Gasteiger partial charge on any atom is 0.0791 e. The highest BCUT2D eigenvalue weighted by Crippen LogP contribution is 2.36. The van der Waals surface area contributed by atoms with Crippen LogP contribution in [0.2, 0.25) is 0 Å². The molecule has 1 aliphatic heterocycles. The molecule has 0 aromatic heterocycles. The summed E-state index contributed by atoms with van der Waals surface area (Å²) in [7, 11) is 0. The van der Waals surface area contributed by atoms with Crippen LogP contribution in [-0.4, -0.2) is 47.3 Å². The Hall–Kier alpha value is -0.120. The summed E-state index contributed by atoms with van der Waals surface area (Å²) < 4.78 is 0. The molecule has 0 spiro atoms. The van der Waals surface area contributed by atoms with E-state index in [0.29, 0.717) is 6.54 Å². The van der Waals surface area contributed by atoms with Crippen LogP contribution in [0.3, 0.4) is 0 Å². The summed E-state index contributed by atoms with van der Waals surface area (Å²) >= 11 is 0. The van der Waals surface area contributed by atoms with Crippen molar-refractivity contribution in [3.8, 4) is 0 Å². The molecule has 0 amide bonds. The molecule has 106 valence electrons. The number of aliphatic hydroxyl groups excluding tert-OH is 1. The van der Waals surface area contributed by atoms with Crippen molar-refractivity contribution in [2.45, 2.75) is 70.6 Å².